The van der Waals surface area contributed by atoms with Crippen molar-refractivity contribution in [2.45, 2.75) is 6.92 Å². The van der Waals surface area contributed by atoms with Gasteiger partial charge >= 0.3 is 125 Å². The van der Waals surface area contributed by atoms with Crippen LogP contribution in [0.2, 0.25) is 0 Å². The van der Waals surface area contributed by atoms with E-state index in [-0.39, 0.29) is 93.7 Å². The van der Waals surface area contributed by atoms with Crippen LogP contribution in [0.4, 0.5) is 0 Å². The minimum absolute atomic E-state index is 0. The van der Waals surface area contributed by atoms with Crippen molar-refractivity contribution in [1.82, 2.24) is 41.4 Å². The Hall–Kier alpha value is -6.02. The van der Waals surface area contributed by atoms with Crippen LogP contribution in [0.15, 0.2) is 279 Å². The number of nitrogens with one attached hydrogen (secondary N) is 3. The van der Waals surface area contributed by atoms with Gasteiger partial charge in [-0.2, -0.15) is 13.8 Å². The number of esters is 1. The van der Waals surface area contributed by atoms with Gasteiger partial charge in [0.25, 0.3) is 17.1 Å². The summed E-state index contributed by atoms with van der Waals surface area (Å²) < 4.78 is 47.2. The van der Waals surface area contributed by atoms with Gasteiger partial charge in [0.2, 0.25) is 11.8 Å². The van der Waals surface area contributed by atoms with Gasteiger partial charge in [0.05, 0.1) is 12.2 Å². The van der Waals surface area contributed by atoms with Gasteiger partial charge in [-0.05, 0) is 201 Å². The van der Waals surface area contributed by atoms with E-state index in [0.29, 0.717) is 40.6 Å². The molecular weight excluding hydrogens is 2210 g/mol. The number of rotatable bonds is 11. The Balaban J connectivity index is 0.000000414. The van der Waals surface area contributed by atoms with Crippen LogP contribution >= 0.6 is 192 Å². The molecule has 0 saturated heterocycles. The number of hydrogen-bond acceptors (Lipinski definition) is 16. The minimum Gasteiger partial charge on any atom is -0.477 e. The van der Waals surface area contributed by atoms with Gasteiger partial charge in [-0.25, -0.2) is 10.6 Å². The third kappa shape index (κ3) is 42.4. The Kier molecular flexibility index (Phi) is 49.3. The average Bonchev–Trinajstić information content (AvgIpc) is 1.70. The topological polar surface area (TPSA) is 261 Å². The van der Waals surface area contributed by atoms with Gasteiger partial charge in [-0.1, -0.05) is 117 Å². The summed E-state index contributed by atoms with van der Waals surface area (Å²) in [6.07, 6.45) is 15.4. The molecule has 0 aliphatic rings. The second-order valence-corrected chi connectivity index (χ2v) is 30.6. The van der Waals surface area contributed by atoms with Crippen molar-refractivity contribution >= 4 is 224 Å². The monoisotopic (exact) mass is 2260 g/mol. The molecule has 7 aromatic carbocycles. The Labute approximate surface area is 719 Å². The van der Waals surface area contributed by atoms with Gasteiger partial charge in [0, 0.05) is 98.4 Å². The third-order valence-electron chi connectivity index (χ3n) is 11.4. The summed E-state index contributed by atoms with van der Waals surface area (Å²) in [5.74, 6) is 14.6. The van der Waals surface area contributed by atoms with Crippen LogP contribution in [0, 0.1) is 32.0 Å². The Morgan fingerprint density at radius 1 is 0.500 bits per heavy atom. The first-order valence-corrected chi connectivity index (χ1v) is 39.8. The maximum absolute atomic E-state index is 11.8. The molecule has 0 aliphatic heterocycles. The average molecular weight is 2270 g/mol. The number of carbonyl (C=O) groups is 4. The van der Waals surface area contributed by atoms with Gasteiger partial charge in [0.15, 0.2) is 6.73 Å². The maximum atomic E-state index is 11.8. The number of nitrogen functional groups attached to an aromatic ring is 1. The minimum atomic E-state index is -3.72. The number of amides is 2. The molecule has 0 radical (unpaired) electrons. The molecule has 5 N–H and O–H groups in total. The smallest absolute Gasteiger partial charge is 0.338 e. The van der Waals surface area contributed by atoms with Crippen LogP contribution in [0.25, 0.3) is 22.9 Å². The maximum Gasteiger partial charge on any atom is 0.338 e. The van der Waals surface area contributed by atoms with E-state index in [0.717, 1.165) is 64.9 Å². The molecule has 0 saturated carbocycles. The fourth-order valence-electron chi connectivity index (χ4n) is 6.65. The number of nitrogens with two attached hydrogens (primary N) is 1. The van der Waals surface area contributed by atoms with Crippen LogP contribution in [0.1, 0.15) is 65.0 Å². The third-order valence-corrected chi connectivity index (χ3v) is 16.4. The molecule has 104 heavy (non-hydrogen) atoms. The second-order valence-electron chi connectivity index (χ2n) is 18.6. The molecule has 0 aliphatic carbocycles. The first-order chi connectivity index (χ1) is 48.9. The van der Waals surface area contributed by atoms with E-state index >= 15 is 0 Å². The molecule has 2 amide bonds. The summed E-state index contributed by atoms with van der Waals surface area (Å²) in [4.78, 5) is 55.9. The standard InChI is InChI=1S/C14H12Br2N2O2.C14H8Br2N2O.C14H8IN2.C9H9BrO2.C7H4BrClO.C7H7BrN2O.C7H5N.Cl2O2S.2HI/c15-11-3-1-10(2-4-11)14(19)18-17-9-20-13-7-5-12(16)6-8-13;15-11-5-1-9(2-6-11)13-17-18-14(19-13)10-3-7-12(16)8-4-10;1(13-3-9-16-10-4-13)7-15-8-2-14-5-11-17-12-6-14;1-2-12-9(11)7-3-5-8(10)6-4-7;8-6-3-1-5(2-4-6)7(9)10;8-6-3-1-5(2-4-6)7(11)10-9;1-2-7-3-5-8-6-4-7;1-5(2,3)4;;/h1-8,17H,9H2,(H,18,19);1-8H;3-6,9-12H;3-6H,2H2,1H3;1-4H;1-4H,9H2,(H,10,11);1,3-6H;;2*1H/q;;-1;;;;;;;. The zero-order chi connectivity index (χ0) is 74.5. The van der Waals surface area contributed by atoms with E-state index in [9.17, 15) is 19.2 Å². The van der Waals surface area contributed by atoms with E-state index in [1.54, 1.807) is 129 Å². The van der Waals surface area contributed by atoms with Crippen molar-refractivity contribution in [2.75, 3.05) is 13.3 Å². The fourth-order valence-corrected chi connectivity index (χ4v) is 9.65. The molecule has 18 nitrogen and oxygen atoms in total. The van der Waals surface area contributed by atoms with Gasteiger partial charge in [-0.15, -0.1) is 64.6 Å². The molecule has 11 rings (SSSR count). The van der Waals surface area contributed by atoms with E-state index in [1.165, 1.54) is 0 Å². The molecule has 0 bridgehead atoms. The van der Waals surface area contributed by atoms with E-state index in [1.807, 2.05) is 127 Å². The molecule has 0 spiro atoms. The van der Waals surface area contributed by atoms with Crippen LogP contribution in [0.3, 0.4) is 0 Å². The summed E-state index contributed by atoms with van der Waals surface area (Å²) in [6, 6.07) is 62.1. The number of carbonyl (C=O) groups excluding carboxylic acids is 4. The van der Waals surface area contributed by atoms with Crippen LogP contribution in [-0.2, 0) is 13.0 Å². The van der Waals surface area contributed by atoms with Crippen molar-refractivity contribution in [3.05, 3.63) is 314 Å². The molecule has 0 fully saturated rings. The number of nitrogens with zero attached hydrogens (tertiary/aromatic N) is 5. The van der Waals surface area contributed by atoms with Crippen molar-refractivity contribution in [2.24, 2.45) is 5.84 Å². The summed E-state index contributed by atoms with van der Waals surface area (Å²) in [6.45, 7) is 2.38. The quantitative estimate of drug-likeness (QED) is 0.0108. The molecule has 11 aromatic rings. The van der Waals surface area contributed by atoms with Crippen molar-refractivity contribution < 1.29 is 62.7 Å². The number of halogens is 13. The van der Waals surface area contributed by atoms with Crippen molar-refractivity contribution in [1.29, 1.82) is 0 Å². The molecule has 540 valence electrons. The number of pyridine rings is 3. The van der Waals surface area contributed by atoms with Crippen LogP contribution in [-0.4, -0.2) is 69.9 Å². The van der Waals surface area contributed by atoms with E-state index in [2.05, 4.69) is 194 Å². The predicted molar refractivity (Wildman–Crippen MR) is 451 cm³/mol. The second kappa shape index (κ2) is 54.5. The summed E-state index contributed by atoms with van der Waals surface area (Å²) >= 11 is 28.0. The Bertz CT molecular complexity index is 4540. The van der Waals surface area contributed by atoms with Crippen molar-refractivity contribution in [3.63, 3.8) is 0 Å². The zero-order valence-corrected chi connectivity index (χ0v) is 74.5. The van der Waals surface area contributed by atoms with Gasteiger partial charge < -0.3 is 13.9 Å². The fraction of sp³-hybridized carbons (Fsp3) is 0.0417. The molecule has 0 atom stereocenters. The number of benzene rings is 7. The van der Waals surface area contributed by atoms with Crippen LogP contribution in [0.5, 0.6) is 5.75 Å². The number of hydrazine groups is 2. The van der Waals surface area contributed by atoms with Gasteiger partial charge in [0.1, 0.15) is 5.75 Å². The number of aromatic nitrogens is 5. The largest absolute Gasteiger partial charge is 0.477 e. The summed E-state index contributed by atoms with van der Waals surface area (Å²) in [5, 5.41) is 7.72. The molecular formula is C72H55Br7Cl3I3N9O9S-. The summed E-state index contributed by atoms with van der Waals surface area (Å²) in [7, 11) is 4.81. The van der Waals surface area contributed by atoms with Crippen LogP contribution < -0.4 is 48.1 Å². The van der Waals surface area contributed by atoms with E-state index in [4.69, 9.17) is 46.2 Å². The first-order valence-electron chi connectivity index (χ1n) is 28.6. The normalized spacial score (nSPS) is 9.45. The molecule has 32 heteroatoms. The Morgan fingerprint density at radius 2 is 0.817 bits per heavy atom. The van der Waals surface area contributed by atoms with E-state index < -0.39 is 13.5 Å². The summed E-state index contributed by atoms with van der Waals surface area (Å²) in [5.41, 5.74) is 14.2. The zero-order valence-electron chi connectivity index (χ0n) is 53.5. The number of ether oxygens (including phenoxy) is 2. The number of terminal acetylenes is 1. The Morgan fingerprint density at radius 3 is 1.14 bits per heavy atom. The predicted octanol–water partition coefficient (Wildman–Crippen LogP) is 16.8. The first kappa shape index (κ1) is 94.1. The molecule has 4 aromatic heterocycles. The van der Waals surface area contributed by atoms with Gasteiger partial charge in [-0.3, -0.25) is 30.2 Å². The molecule has 0 unspecified atom stereocenters. The number of hydrogen-bond donors (Lipinski definition) is 4. The van der Waals surface area contributed by atoms with Crippen molar-refractivity contribution in [3.8, 4) is 60.7 Å². The molecule has 4 heterocycles. The SMILES string of the molecule is Brc1ccc(-c2nnc(-c3ccc(Br)cc3)o2)cc1.C#Cc1ccncc1.C(#Cc1ccncc1)[I-]C#Cc1ccncc1.CCOC(=O)c1ccc(Br)cc1.I.I.NNC(=O)c1ccc(Br)cc1.O=C(Cl)c1ccc(Br)cc1.O=C(NNCOc1ccc(Br)cc1)c1ccc(Br)cc1.O=S(=O)(Cl)Cl.